The molecular formula is C10H17NOS2. The number of aliphatic hydroxyl groups is 1. The van der Waals surface area contributed by atoms with Gasteiger partial charge in [-0.2, -0.15) is 11.8 Å². The highest BCUT2D eigenvalue weighted by molar-refractivity contribution is 7.99. The van der Waals surface area contributed by atoms with Crippen molar-refractivity contribution in [3.05, 3.63) is 16.1 Å². The fourth-order valence-corrected chi connectivity index (χ4v) is 2.80. The number of rotatable bonds is 6. The van der Waals surface area contributed by atoms with E-state index in [1.54, 1.807) is 11.3 Å². The van der Waals surface area contributed by atoms with E-state index >= 15 is 0 Å². The number of hydrogen-bond donors (Lipinski definition) is 1. The molecule has 0 aliphatic rings. The molecule has 0 spiro atoms. The van der Waals surface area contributed by atoms with Crippen LogP contribution in [0.2, 0.25) is 0 Å². The van der Waals surface area contributed by atoms with E-state index in [1.807, 2.05) is 11.8 Å². The standard InChI is InChI=1S/C10H17NOS2/c1-3-10-11-9(7-14-10)6-13-8(2)4-5-12/h7-8,12H,3-6H2,1-2H3. The Hall–Kier alpha value is -0.0600. The quantitative estimate of drug-likeness (QED) is 0.817. The Morgan fingerprint density at radius 2 is 2.43 bits per heavy atom. The summed E-state index contributed by atoms with van der Waals surface area (Å²) >= 11 is 3.60. The maximum atomic E-state index is 8.75. The third-order valence-electron chi connectivity index (χ3n) is 1.95. The largest absolute Gasteiger partial charge is 0.396 e. The Bertz CT molecular complexity index is 262. The fourth-order valence-electron chi connectivity index (χ4n) is 1.07. The van der Waals surface area contributed by atoms with Crippen LogP contribution in [0.5, 0.6) is 0 Å². The minimum atomic E-state index is 0.283. The summed E-state index contributed by atoms with van der Waals surface area (Å²) in [6.45, 7) is 4.56. The van der Waals surface area contributed by atoms with Gasteiger partial charge in [-0.05, 0) is 12.8 Å². The molecule has 0 radical (unpaired) electrons. The summed E-state index contributed by atoms with van der Waals surface area (Å²) in [6, 6.07) is 0. The lowest BCUT2D eigenvalue weighted by Gasteiger charge is -2.07. The topological polar surface area (TPSA) is 33.1 Å². The van der Waals surface area contributed by atoms with E-state index in [9.17, 15) is 0 Å². The smallest absolute Gasteiger partial charge is 0.0925 e. The molecule has 0 aromatic carbocycles. The molecule has 1 unspecified atom stereocenters. The van der Waals surface area contributed by atoms with Crippen molar-refractivity contribution < 1.29 is 5.11 Å². The highest BCUT2D eigenvalue weighted by atomic mass is 32.2. The Kier molecular flexibility index (Phi) is 5.52. The van der Waals surface area contributed by atoms with Crippen LogP contribution in [-0.2, 0) is 12.2 Å². The molecule has 2 nitrogen and oxygen atoms in total. The van der Waals surface area contributed by atoms with Gasteiger partial charge in [-0.25, -0.2) is 4.98 Å². The number of aryl methyl sites for hydroxylation is 1. The Morgan fingerprint density at radius 3 is 3.00 bits per heavy atom. The van der Waals surface area contributed by atoms with E-state index in [2.05, 4.69) is 24.2 Å². The highest BCUT2D eigenvalue weighted by Gasteiger charge is 2.04. The number of nitrogens with zero attached hydrogens (tertiary/aromatic N) is 1. The molecule has 80 valence electrons. The van der Waals surface area contributed by atoms with E-state index in [1.165, 1.54) is 10.7 Å². The number of aromatic nitrogens is 1. The first-order valence-corrected chi connectivity index (χ1v) is 6.84. The molecule has 0 bridgehead atoms. The molecule has 14 heavy (non-hydrogen) atoms. The molecule has 0 saturated heterocycles. The zero-order valence-electron chi connectivity index (χ0n) is 8.69. The number of thioether (sulfide) groups is 1. The van der Waals surface area contributed by atoms with Crippen LogP contribution in [0.1, 0.15) is 31.0 Å². The number of aliphatic hydroxyl groups excluding tert-OH is 1. The Morgan fingerprint density at radius 1 is 1.64 bits per heavy atom. The average Bonchev–Trinajstić information content (AvgIpc) is 2.63. The second-order valence-electron chi connectivity index (χ2n) is 3.22. The van der Waals surface area contributed by atoms with Gasteiger partial charge >= 0.3 is 0 Å². The van der Waals surface area contributed by atoms with Gasteiger partial charge < -0.3 is 5.11 Å². The Balaban J connectivity index is 2.30. The van der Waals surface area contributed by atoms with Crippen molar-refractivity contribution in [1.82, 2.24) is 4.98 Å². The molecule has 0 amide bonds. The summed E-state index contributed by atoms with van der Waals surface area (Å²) in [5.74, 6) is 0.970. The first-order chi connectivity index (χ1) is 6.76. The predicted octanol–water partition coefficient (Wildman–Crippen LogP) is 2.71. The molecule has 1 atom stereocenters. The summed E-state index contributed by atoms with van der Waals surface area (Å²) < 4.78 is 0. The zero-order chi connectivity index (χ0) is 10.4. The van der Waals surface area contributed by atoms with Crippen molar-refractivity contribution in [1.29, 1.82) is 0 Å². The second kappa shape index (κ2) is 6.43. The summed E-state index contributed by atoms with van der Waals surface area (Å²) in [5, 5.41) is 12.6. The predicted molar refractivity (Wildman–Crippen MR) is 64.0 cm³/mol. The first-order valence-electron chi connectivity index (χ1n) is 4.92. The monoisotopic (exact) mass is 231 g/mol. The van der Waals surface area contributed by atoms with E-state index in [0.717, 1.165) is 18.6 Å². The molecule has 0 fully saturated rings. The minimum Gasteiger partial charge on any atom is -0.396 e. The van der Waals surface area contributed by atoms with E-state index in [0.29, 0.717) is 5.25 Å². The van der Waals surface area contributed by atoms with Crippen LogP contribution in [0, 0.1) is 0 Å². The van der Waals surface area contributed by atoms with Crippen LogP contribution in [0.15, 0.2) is 5.38 Å². The molecule has 0 aliphatic carbocycles. The third-order valence-corrected chi connectivity index (χ3v) is 4.26. The zero-order valence-corrected chi connectivity index (χ0v) is 10.3. The van der Waals surface area contributed by atoms with Gasteiger partial charge in [-0.1, -0.05) is 13.8 Å². The normalized spacial score (nSPS) is 13.1. The third kappa shape index (κ3) is 3.98. The van der Waals surface area contributed by atoms with Gasteiger partial charge in [0.1, 0.15) is 0 Å². The van der Waals surface area contributed by atoms with Gasteiger partial charge in [0.05, 0.1) is 10.7 Å². The van der Waals surface area contributed by atoms with Crippen molar-refractivity contribution in [3.8, 4) is 0 Å². The molecule has 1 aromatic rings. The van der Waals surface area contributed by atoms with Gasteiger partial charge in [0.15, 0.2) is 0 Å². The average molecular weight is 231 g/mol. The van der Waals surface area contributed by atoms with Crippen LogP contribution in [0.25, 0.3) is 0 Å². The molecule has 1 aromatic heterocycles. The summed E-state index contributed by atoms with van der Waals surface area (Å²) in [4.78, 5) is 4.50. The lowest BCUT2D eigenvalue weighted by molar-refractivity contribution is 0.289. The molecular weight excluding hydrogens is 214 g/mol. The van der Waals surface area contributed by atoms with Gasteiger partial charge in [0.25, 0.3) is 0 Å². The van der Waals surface area contributed by atoms with Crippen molar-refractivity contribution >= 4 is 23.1 Å². The molecule has 0 aliphatic heterocycles. The summed E-state index contributed by atoms with van der Waals surface area (Å²) in [5.41, 5.74) is 1.18. The van der Waals surface area contributed by atoms with Gasteiger partial charge in [0, 0.05) is 23.0 Å². The maximum Gasteiger partial charge on any atom is 0.0925 e. The van der Waals surface area contributed by atoms with Gasteiger partial charge in [-0.3, -0.25) is 0 Å². The first kappa shape index (κ1) is 12.0. The number of hydrogen-bond acceptors (Lipinski definition) is 4. The summed E-state index contributed by atoms with van der Waals surface area (Å²) in [7, 11) is 0. The SMILES string of the molecule is CCc1nc(CSC(C)CCO)cs1. The molecule has 4 heteroatoms. The molecule has 1 rings (SSSR count). The molecule has 0 saturated carbocycles. The molecule has 1 heterocycles. The Labute approximate surface area is 93.8 Å². The van der Waals surface area contributed by atoms with Crippen molar-refractivity contribution in [3.63, 3.8) is 0 Å². The lowest BCUT2D eigenvalue weighted by Crippen LogP contribution is -2.00. The maximum absolute atomic E-state index is 8.75. The number of thiazole rings is 1. The molecule has 1 N–H and O–H groups in total. The van der Waals surface area contributed by atoms with E-state index in [4.69, 9.17) is 5.11 Å². The minimum absolute atomic E-state index is 0.283. The van der Waals surface area contributed by atoms with Crippen LogP contribution in [-0.4, -0.2) is 21.9 Å². The van der Waals surface area contributed by atoms with Crippen molar-refractivity contribution in [2.24, 2.45) is 0 Å². The van der Waals surface area contributed by atoms with Gasteiger partial charge in [-0.15, -0.1) is 11.3 Å². The van der Waals surface area contributed by atoms with Crippen molar-refractivity contribution in [2.45, 2.75) is 37.7 Å². The second-order valence-corrected chi connectivity index (χ2v) is 5.59. The highest BCUT2D eigenvalue weighted by Crippen LogP contribution is 2.21. The van der Waals surface area contributed by atoms with Crippen LogP contribution < -0.4 is 0 Å². The van der Waals surface area contributed by atoms with Crippen LogP contribution in [0.3, 0.4) is 0 Å². The van der Waals surface area contributed by atoms with Gasteiger partial charge in [0.2, 0.25) is 0 Å². The lowest BCUT2D eigenvalue weighted by atomic mass is 10.3. The van der Waals surface area contributed by atoms with Crippen molar-refractivity contribution in [2.75, 3.05) is 6.61 Å². The van der Waals surface area contributed by atoms with Crippen LogP contribution in [0.4, 0.5) is 0 Å². The fraction of sp³-hybridized carbons (Fsp3) is 0.700. The van der Waals surface area contributed by atoms with Crippen LogP contribution >= 0.6 is 23.1 Å². The van der Waals surface area contributed by atoms with E-state index in [-0.39, 0.29) is 6.61 Å². The van der Waals surface area contributed by atoms with E-state index < -0.39 is 0 Å². The summed E-state index contributed by atoms with van der Waals surface area (Å²) in [6.07, 6.45) is 1.90.